The Morgan fingerprint density at radius 2 is 2.33 bits per heavy atom. The molecule has 0 saturated heterocycles. The second-order valence-corrected chi connectivity index (χ2v) is 3.57. The Morgan fingerprint density at radius 3 is 2.87 bits per heavy atom. The number of hydrogen-bond acceptors (Lipinski definition) is 3. The average Bonchev–Trinajstić information content (AvgIpc) is 2.19. The van der Waals surface area contributed by atoms with Gasteiger partial charge in [0.25, 0.3) is 0 Å². The first-order valence-corrected chi connectivity index (χ1v) is 4.76. The summed E-state index contributed by atoms with van der Waals surface area (Å²) in [5.41, 5.74) is 6.15. The van der Waals surface area contributed by atoms with E-state index >= 15 is 0 Å². The fraction of sp³-hybridized carbons (Fsp3) is 0.300. The Labute approximate surface area is 92.6 Å². The van der Waals surface area contributed by atoms with E-state index in [0.717, 1.165) is 5.56 Å². The van der Waals surface area contributed by atoms with Crippen LogP contribution in [0, 0.1) is 6.92 Å². The topological polar surface area (TPSA) is 72.5 Å². The van der Waals surface area contributed by atoms with Crippen LogP contribution in [-0.2, 0) is 4.79 Å². The summed E-state index contributed by atoms with van der Waals surface area (Å²) in [6.45, 7) is 1.78. The van der Waals surface area contributed by atoms with Gasteiger partial charge in [0.1, 0.15) is 18.4 Å². The molecule has 0 bridgehead atoms. The molecule has 1 aromatic rings. The number of carboxylic acids is 1. The van der Waals surface area contributed by atoms with E-state index < -0.39 is 12.0 Å². The van der Waals surface area contributed by atoms with Crippen LogP contribution < -0.4 is 10.5 Å². The predicted molar refractivity (Wildman–Crippen MR) is 57.3 cm³/mol. The molecule has 0 fully saturated rings. The fourth-order valence-electron chi connectivity index (χ4n) is 0.964. The molecule has 3 N–H and O–H groups in total. The zero-order valence-corrected chi connectivity index (χ0v) is 8.99. The van der Waals surface area contributed by atoms with Gasteiger partial charge in [-0.15, -0.1) is 0 Å². The van der Waals surface area contributed by atoms with Crippen molar-refractivity contribution < 1.29 is 14.6 Å². The highest BCUT2D eigenvalue weighted by atomic mass is 35.5. The molecule has 0 radical (unpaired) electrons. The highest BCUT2D eigenvalue weighted by Gasteiger charge is 2.11. The minimum absolute atomic E-state index is 0.0591. The molecule has 0 heterocycles. The van der Waals surface area contributed by atoms with Crippen LogP contribution in [0.15, 0.2) is 18.2 Å². The standard InChI is InChI=1S/C10H12ClNO3/c1-6-4-7(2-3-8(6)11)15-5-9(12)10(13)14/h2-4,9H,5,12H2,1H3,(H,13,14). The van der Waals surface area contributed by atoms with Crippen LogP contribution in [0.3, 0.4) is 0 Å². The first kappa shape index (κ1) is 11.8. The number of carbonyl (C=O) groups is 1. The molecule has 1 aromatic carbocycles. The third-order valence-corrected chi connectivity index (χ3v) is 2.30. The highest BCUT2D eigenvalue weighted by molar-refractivity contribution is 6.31. The lowest BCUT2D eigenvalue weighted by Crippen LogP contribution is -2.36. The number of aliphatic carboxylic acids is 1. The van der Waals surface area contributed by atoms with E-state index in [2.05, 4.69) is 0 Å². The minimum atomic E-state index is -1.08. The van der Waals surface area contributed by atoms with Crippen molar-refractivity contribution in [2.75, 3.05) is 6.61 Å². The van der Waals surface area contributed by atoms with Gasteiger partial charge < -0.3 is 15.6 Å². The van der Waals surface area contributed by atoms with E-state index in [1.165, 1.54) is 0 Å². The van der Waals surface area contributed by atoms with Gasteiger partial charge in [-0.05, 0) is 30.7 Å². The summed E-state index contributed by atoms with van der Waals surface area (Å²) in [6, 6.07) is 4.08. The smallest absolute Gasteiger partial charge is 0.324 e. The zero-order chi connectivity index (χ0) is 11.4. The summed E-state index contributed by atoms with van der Waals surface area (Å²) in [4.78, 5) is 10.4. The van der Waals surface area contributed by atoms with Gasteiger partial charge in [0.05, 0.1) is 0 Å². The highest BCUT2D eigenvalue weighted by Crippen LogP contribution is 2.20. The molecule has 5 heteroatoms. The molecule has 0 aliphatic carbocycles. The van der Waals surface area contributed by atoms with Crippen molar-refractivity contribution in [2.24, 2.45) is 5.73 Å². The Kier molecular flexibility index (Phi) is 3.94. The van der Waals surface area contributed by atoms with Crippen molar-refractivity contribution in [3.63, 3.8) is 0 Å². The summed E-state index contributed by atoms with van der Waals surface area (Å²) < 4.78 is 5.20. The number of nitrogens with two attached hydrogens (primary N) is 1. The van der Waals surface area contributed by atoms with Crippen molar-refractivity contribution in [1.29, 1.82) is 0 Å². The lowest BCUT2D eigenvalue weighted by atomic mass is 10.2. The van der Waals surface area contributed by atoms with Crippen LogP contribution >= 0.6 is 11.6 Å². The Bertz CT molecular complexity index is 368. The zero-order valence-electron chi connectivity index (χ0n) is 8.24. The van der Waals surface area contributed by atoms with Crippen LogP contribution in [0.1, 0.15) is 5.56 Å². The second kappa shape index (κ2) is 5.00. The summed E-state index contributed by atoms with van der Waals surface area (Å²) in [7, 11) is 0. The third kappa shape index (κ3) is 3.42. The summed E-state index contributed by atoms with van der Waals surface area (Å²) in [6.07, 6.45) is 0. The quantitative estimate of drug-likeness (QED) is 0.820. The van der Waals surface area contributed by atoms with Gasteiger partial charge >= 0.3 is 5.97 Å². The average molecular weight is 230 g/mol. The monoisotopic (exact) mass is 229 g/mol. The Morgan fingerprint density at radius 1 is 1.67 bits per heavy atom. The predicted octanol–water partition coefficient (Wildman–Crippen LogP) is 1.44. The molecule has 15 heavy (non-hydrogen) atoms. The molecule has 1 unspecified atom stereocenters. The summed E-state index contributed by atoms with van der Waals surface area (Å²) in [5, 5.41) is 9.18. The fourth-order valence-corrected chi connectivity index (χ4v) is 1.08. The number of ether oxygens (including phenoxy) is 1. The molecule has 82 valence electrons. The van der Waals surface area contributed by atoms with Gasteiger partial charge in [-0.3, -0.25) is 4.79 Å². The SMILES string of the molecule is Cc1cc(OCC(N)C(=O)O)ccc1Cl. The van der Waals surface area contributed by atoms with Gasteiger partial charge in [0.2, 0.25) is 0 Å². The normalized spacial score (nSPS) is 12.2. The molecule has 0 spiro atoms. The first-order valence-electron chi connectivity index (χ1n) is 4.38. The lowest BCUT2D eigenvalue weighted by Gasteiger charge is -2.10. The Hall–Kier alpha value is -1.26. The van der Waals surface area contributed by atoms with Crippen LogP contribution in [-0.4, -0.2) is 23.7 Å². The van der Waals surface area contributed by atoms with E-state index in [9.17, 15) is 4.79 Å². The van der Waals surface area contributed by atoms with Crippen LogP contribution in [0.25, 0.3) is 0 Å². The number of aryl methyl sites for hydroxylation is 1. The number of rotatable bonds is 4. The maximum Gasteiger partial charge on any atom is 0.324 e. The Balaban J connectivity index is 2.58. The maximum atomic E-state index is 10.4. The van der Waals surface area contributed by atoms with E-state index in [0.29, 0.717) is 10.8 Å². The second-order valence-electron chi connectivity index (χ2n) is 3.17. The first-order chi connectivity index (χ1) is 7.00. The van der Waals surface area contributed by atoms with Crippen LogP contribution in [0.4, 0.5) is 0 Å². The molecule has 0 aromatic heterocycles. The molecule has 4 nitrogen and oxygen atoms in total. The molecule has 1 atom stereocenters. The molecule has 0 aliphatic heterocycles. The van der Waals surface area contributed by atoms with Gasteiger partial charge in [-0.2, -0.15) is 0 Å². The number of halogens is 1. The van der Waals surface area contributed by atoms with Crippen molar-refractivity contribution in [3.05, 3.63) is 28.8 Å². The molecule has 0 saturated carbocycles. The number of carboxylic acid groups (broad SMARTS) is 1. The molecule has 1 rings (SSSR count). The van der Waals surface area contributed by atoms with Gasteiger partial charge in [0.15, 0.2) is 0 Å². The van der Waals surface area contributed by atoms with E-state index in [4.69, 9.17) is 27.2 Å². The summed E-state index contributed by atoms with van der Waals surface area (Å²) >= 11 is 5.82. The van der Waals surface area contributed by atoms with Crippen molar-refractivity contribution in [2.45, 2.75) is 13.0 Å². The van der Waals surface area contributed by atoms with Crippen molar-refractivity contribution in [3.8, 4) is 5.75 Å². The molecular weight excluding hydrogens is 218 g/mol. The number of benzene rings is 1. The van der Waals surface area contributed by atoms with Crippen LogP contribution in [0.5, 0.6) is 5.75 Å². The third-order valence-electron chi connectivity index (χ3n) is 1.88. The van der Waals surface area contributed by atoms with Gasteiger partial charge in [-0.25, -0.2) is 0 Å². The molecular formula is C10H12ClNO3. The molecule has 0 amide bonds. The largest absolute Gasteiger partial charge is 0.491 e. The number of hydrogen-bond donors (Lipinski definition) is 2. The van der Waals surface area contributed by atoms with E-state index in [-0.39, 0.29) is 6.61 Å². The molecule has 0 aliphatic rings. The maximum absolute atomic E-state index is 10.4. The van der Waals surface area contributed by atoms with Crippen LogP contribution in [0.2, 0.25) is 5.02 Å². The van der Waals surface area contributed by atoms with Crippen molar-refractivity contribution in [1.82, 2.24) is 0 Å². The van der Waals surface area contributed by atoms with Crippen molar-refractivity contribution >= 4 is 17.6 Å². The van der Waals surface area contributed by atoms with Gasteiger partial charge in [-0.1, -0.05) is 11.6 Å². The van der Waals surface area contributed by atoms with Gasteiger partial charge in [0, 0.05) is 5.02 Å². The lowest BCUT2D eigenvalue weighted by molar-refractivity contribution is -0.139. The van der Waals surface area contributed by atoms with E-state index in [1.54, 1.807) is 18.2 Å². The summed E-state index contributed by atoms with van der Waals surface area (Å²) in [5.74, 6) is -0.519. The minimum Gasteiger partial charge on any atom is -0.491 e. The van der Waals surface area contributed by atoms with E-state index in [1.807, 2.05) is 6.92 Å².